The molecule has 1 aromatic rings. The van der Waals surface area contributed by atoms with Gasteiger partial charge >= 0.3 is 0 Å². The van der Waals surface area contributed by atoms with Gasteiger partial charge in [-0.15, -0.1) is 24.0 Å². The van der Waals surface area contributed by atoms with Crippen LogP contribution >= 0.6 is 47.2 Å². The summed E-state index contributed by atoms with van der Waals surface area (Å²) in [7, 11) is 1.77. The molecule has 6 nitrogen and oxygen atoms in total. The van der Waals surface area contributed by atoms with Crippen LogP contribution in [0.1, 0.15) is 25.7 Å². The number of aliphatic imine (C=N–C) groups is 1. The minimum Gasteiger partial charge on any atom is -0.492 e. The first-order valence-corrected chi connectivity index (χ1v) is 9.57. The number of carbonyl (C=O) groups is 1. The summed E-state index contributed by atoms with van der Waals surface area (Å²) in [5.41, 5.74) is 5.32. The molecule has 1 fully saturated rings. The van der Waals surface area contributed by atoms with Gasteiger partial charge in [0, 0.05) is 38.1 Å². The Morgan fingerprint density at radius 3 is 2.89 bits per heavy atom. The molecule has 3 N–H and O–H groups in total. The zero-order valence-electron chi connectivity index (χ0n) is 15.4. The molecule has 1 aliphatic rings. The van der Waals surface area contributed by atoms with Crippen molar-refractivity contribution in [3.05, 3.63) is 28.2 Å². The highest BCUT2D eigenvalue weighted by Crippen LogP contribution is 2.27. The fraction of sp³-hybridized carbons (Fsp3) is 0.556. The van der Waals surface area contributed by atoms with Crippen molar-refractivity contribution in [1.82, 2.24) is 10.2 Å². The molecule has 0 saturated carbocycles. The van der Waals surface area contributed by atoms with Crippen LogP contribution < -0.4 is 15.8 Å². The molecule has 1 amide bonds. The molecule has 1 aliphatic heterocycles. The summed E-state index contributed by atoms with van der Waals surface area (Å²) >= 11 is 12.0. The molecule has 0 spiro atoms. The number of carbonyl (C=O) groups excluding carboxylic acids is 1. The smallest absolute Gasteiger partial charge is 0.217 e. The number of benzene rings is 1. The summed E-state index contributed by atoms with van der Waals surface area (Å²) in [5, 5.41) is 4.45. The Hall–Kier alpha value is -0.930. The van der Waals surface area contributed by atoms with E-state index in [0.717, 1.165) is 44.9 Å². The summed E-state index contributed by atoms with van der Waals surface area (Å²) in [4.78, 5) is 17.7. The second-order valence-electron chi connectivity index (χ2n) is 6.38. The van der Waals surface area contributed by atoms with Gasteiger partial charge in [0.15, 0.2) is 5.96 Å². The van der Waals surface area contributed by atoms with Crippen molar-refractivity contribution in [3.8, 4) is 5.75 Å². The Kier molecular flexibility index (Phi) is 11.2. The quantitative estimate of drug-likeness (QED) is 0.245. The van der Waals surface area contributed by atoms with Crippen molar-refractivity contribution < 1.29 is 9.53 Å². The minimum atomic E-state index is -0.238. The number of likely N-dealkylation sites (tertiary alicyclic amines) is 1. The maximum Gasteiger partial charge on any atom is 0.217 e. The van der Waals surface area contributed by atoms with Gasteiger partial charge in [-0.1, -0.05) is 23.2 Å². The van der Waals surface area contributed by atoms with Crippen LogP contribution in [0.15, 0.2) is 23.2 Å². The number of piperidine rings is 1. The van der Waals surface area contributed by atoms with Gasteiger partial charge in [0.05, 0.1) is 11.6 Å². The predicted molar refractivity (Wildman–Crippen MR) is 121 cm³/mol. The monoisotopic (exact) mass is 528 g/mol. The molecule has 9 heteroatoms. The van der Waals surface area contributed by atoms with E-state index in [9.17, 15) is 4.79 Å². The second-order valence-corrected chi connectivity index (χ2v) is 7.22. The number of hydrogen-bond acceptors (Lipinski definition) is 3. The lowest BCUT2D eigenvalue weighted by atomic mass is 9.95. The van der Waals surface area contributed by atoms with Crippen molar-refractivity contribution in [3.63, 3.8) is 0 Å². The van der Waals surface area contributed by atoms with Crippen LogP contribution in [-0.2, 0) is 4.79 Å². The van der Waals surface area contributed by atoms with Crippen LogP contribution in [0.5, 0.6) is 5.75 Å². The maximum absolute atomic E-state index is 11.1. The zero-order valence-corrected chi connectivity index (χ0v) is 19.3. The summed E-state index contributed by atoms with van der Waals surface area (Å²) in [6, 6.07) is 5.18. The van der Waals surface area contributed by atoms with Gasteiger partial charge in [-0.2, -0.15) is 0 Å². The lowest BCUT2D eigenvalue weighted by Gasteiger charge is -2.34. The number of nitrogens with one attached hydrogen (secondary N) is 1. The second kappa shape index (κ2) is 12.5. The minimum absolute atomic E-state index is 0. The van der Waals surface area contributed by atoms with Crippen LogP contribution in [0, 0.1) is 5.92 Å². The predicted octanol–water partition coefficient (Wildman–Crippen LogP) is 3.54. The number of primary amides is 1. The van der Waals surface area contributed by atoms with Gasteiger partial charge in [-0.25, -0.2) is 0 Å². The van der Waals surface area contributed by atoms with E-state index in [4.69, 9.17) is 33.7 Å². The van der Waals surface area contributed by atoms with Gasteiger partial charge in [0.25, 0.3) is 0 Å². The third-order valence-corrected chi connectivity index (χ3v) is 4.81. The highest BCUT2D eigenvalue weighted by molar-refractivity contribution is 14.0. The number of amides is 1. The Bertz CT molecular complexity index is 646. The first-order chi connectivity index (χ1) is 12.5. The molecule has 152 valence electrons. The molecular formula is C18H27Cl2IN4O2. The number of guanidine groups is 1. The molecule has 1 unspecified atom stereocenters. The summed E-state index contributed by atoms with van der Waals surface area (Å²) in [5.74, 6) is 1.54. The Balaban J connectivity index is 0.00000364. The summed E-state index contributed by atoms with van der Waals surface area (Å²) < 4.78 is 5.68. The molecule has 0 aromatic heterocycles. The summed E-state index contributed by atoms with van der Waals surface area (Å²) in [6.07, 6.45) is 3.31. The SMILES string of the molecule is CN=C(NCCCOc1ccc(Cl)cc1Cl)N1CCCC(CC(N)=O)C1.I. The Labute approximate surface area is 187 Å². The van der Waals surface area contributed by atoms with Crippen LogP contribution in [0.2, 0.25) is 10.0 Å². The first-order valence-electron chi connectivity index (χ1n) is 8.81. The van der Waals surface area contributed by atoms with E-state index >= 15 is 0 Å². The number of nitrogens with two attached hydrogens (primary N) is 1. The Morgan fingerprint density at radius 1 is 1.44 bits per heavy atom. The van der Waals surface area contributed by atoms with Gasteiger partial charge in [0.1, 0.15) is 5.75 Å². The van der Waals surface area contributed by atoms with Crippen LogP contribution in [0.3, 0.4) is 0 Å². The average molecular weight is 529 g/mol. The van der Waals surface area contributed by atoms with Gasteiger partial charge in [0.2, 0.25) is 5.91 Å². The number of halogens is 3. The summed E-state index contributed by atoms with van der Waals surface area (Å²) in [6.45, 7) is 3.01. The number of nitrogens with zero attached hydrogens (tertiary/aromatic N) is 2. The van der Waals surface area contributed by atoms with E-state index in [2.05, 4.69) is 15.2 Å². The fourth-order valence-electron chi connectivity index (χ4n) is 3.09. The molecule has 0 aliphatic carbocycles. The standard InChI is InChI=1S/C18H26Cl2N4O2.HI/c1-22-18(24-8-2-4-13(12-24)10-17(21)25)23-7-3-9-26-16-6-5-14(19)11-15(16)20;/h5-6,11,13H,2-4,7-10,12H2,1H3,(H2,21,25)(H,22,23);1H. The number of rotatable bonds is 7. The van der Waals surface area contributed by atoms with Crippen molar-refractivity contribution in [2.24, 2.45) is 16.6 Å². The lowest BCUT2D eigenvalue weighted by molar-refractivity contribution is -0.119. The number of hydrogen-bond donors (Lipinski definition) is 2. The zero-order chi connectivity index (χ0) is 18.9. The molecule has 27 heavy (non-hydrogen) atoms. The molecule has 1 saturated heterocycles. The fourth-order valence-corrected chi connectivity index (χ4v) is 3.55. The molecule has 0 radical (unpaired) electrons. The molecule has 1 heterocycles. The van der Waals surface area contributed by atoms with Crippen LogP contribution in [0.4, 0.5) is 0 Å². The van der Waals surface area contributed by atoms with Crippen LogP contribution in [-0.4, -0.2) is 50.1 Å². The van der Waals surface area contributed by atoms with Crippen molar-refractivity contribution in [1.29, 1.82) is 0 Å². The highest BCUT2D eigenvalue weighted by atomic mass is 127. The Morgan fingerprint density at radius 2 is 2.22 bits per heavy atom. The van der Waals surface area contributed by atoms with E-state index in [-0.39, 0.29) is 29.9 Å². The largest absolute Gasteiger partial charge is 0.492 e. The molecule has 0 bridgehead atoms. The third-order valence-electron chi connectivity index (χ3n) is 4.28. The molecule has 2 rings (SSSR count). The maximum atomic E-state index is 11.1. The highest BCUT2D eigenvalue weighted by Gasteiger charge is 2.23. The molecule has 1 atom stereocenters. The normalized spacial score (nSPS) is 17.2. The van der Waals surface area contributed by atoms with E-state index in [1.54, 1.807) is 25.2 Å². The van der Waals surface area contributed by atoms with Gasteiger partial charge in [-0.3, -0.25) is 9.79 Å². The topological polar surface area (TPSA) is 80.0 Å². The third kappa shape index (κ3) is 8.31. The molecular weight excluding hydrogens is 502 g/mol. The number of ether oxygens (including phenoxy) is 1. The lowest BCUT2D eigenvalue weighted by Crippen LogP contribution is -2.47. The van der Waals surface area contributed by atoms with Crippen molar-refractivity contribution >= 4 is 59.0 Å². The van der Waals surface area contributed by atoms with Crippen LogP contribution in [0.25, 0.3) is 0 Å². The van der Waals surface area contributed by atoms with Crippen molar-refractivity contribution in [2.45, 2.75) is 25.7 Å². The van der Waals surface area contributed by atoms with Crippen molar-refractivity contribution in [2.75, 3.05) is 33.3 Å². The first kappa shape index (κ1) is 24.1. The van der Waals surface area contributed by atoms with E-state index < -0.39 is 0 Å². The van der Waals surface area contributed by atoms with Gasteiger partial charge < -0.3 is 20.7 Å². The average Bonchev–Trinajstić information content (AvgIpc) is 2.59. The molecule has 1 aromatic carbocycles. The van der Waals surface area contributed by atoms with E-state index in [1.165, 1.54) is 0 Å². The van der Waals surface area contributed by atoms with E-state index in [1.807, 2.05) is 0 Å². The van der Waals surface area contributed by atoms with E-state index in [0.29, 0.717) is 34.7 Å². The van der Waals surface area contributed by atoms with Gasteiger partial charge in [-0.05, 0) is 43.4 Å².